The number of amides is 1. The second-order valence-corrected chi connectivity index (χ2v) is 4.76. The summed E-state index contributed by atoms with van der Waals surface area (Å²) in [6, 6.07) is 3.98. The third kappa shape index (κ3) is 3.50. The highest BCUT2D eigenvalue weighted by molar-refractivity contribution is 7.85. The average Bonchev–Trinajstić information content (AvgIpc) is 2.05. The summed E-state index contributed by atoms with van der Waals surface area (Å²) >= 11 is 5.65. The van der Waals surface area contributed by atoms with Crippen molar-refractivity contribution in [3.63, 3.8) is 0 Å². The molecule has 0 unspecified atom stereocenters. The van der Waals surface area contributed by atoms with Crippen molar-refractivity contribution in [2.75, 3.05) is 0 Å². The smallest absolute Gasteiger partial charge is 0.269 e. The number of rotatable bonds is 3. The number of halogens is 1. The minimum atomic E-state index is -4.13. The Hall–Kier alpha value is -1.11. The van der Waals surface area contributed by atoms with Gasteiger partial charge < -0.3 is 5.73 Å². The van der Waals surface area contributed by atoms with Gasteiger partial charge in [-0.2, -0.15) is 8.42 Å². The summed E-state index contributed by atoms with van der Waals surface area (Å²) in [6.45, 7) is 0. The molecule has 1 rings (SSSR count). The Labute approximate surface area is 91.6 Å². The van der Waals surface area contributed by atoms with Crippen LogP contribution in [0.25, 0.3) is 0 Å². The Kier molecular flexibility index (Phi) is 3.33. The number of carbonyl (C=O) groups excluding carboxylic acids is 1. The molecule has 0 saturated carbocycles. The fourth-order valence-corrected chi connectivity index (χ4v) is 1.87. The van der Waals surface area contributed by atoms with E-state index in [0.29, 0.717) is 0 Å². The summed E-state index contributed by atoms with van der Waals surface area (Å²) in [7, 11) is -4.13. The van der Waals surface area contributed by atoms with Crippen molar-refractivity contribution >= 4 is 27.6 Å². The molecular weight excluding hydrogens is 242 g/mol. The standard InChI is InChI=1S/C8H8ClNO4S/c9-7-2-1-5(4-15(12,13)14)3-6(7)8(10)11/h1-3H,4H2,(H2,10,11)(H,12,13,14). The highest BCUT2D eigenvalue weighted by Gasteiger charge is 2.11. The number of hydrogen-bond donors (Lipinski definition) is 2. The molecule has 0 radical (unpaired) electrons. The summed E-state index contributed by atoms with van der Waals surface area (Å²) in [5.41, 5.74) is 5.28. The summed E-state index contributed by atoms with van der Waals surface area (Å²) in [6.07, 6.45) is 0. The quantitative estimate of drug-likeness (QED) is 0.775. The molecule has 0 heterocycles. The van der Waals surface area contributed by atoms with Crippen LogP contribution in [0.15, 0.2) is 18.2 Å². The van der Waals surface area contributed by atoms with E-state index < -0.39 is 21.8 Å². The highest BCUT2D eigenvalue weighted by atomic mass is 35.5. The summed E-state index contributed by atoms with van der Waals surface area (Å²) in [5.74, 6) is -1.33. The van der Waals surface area contributed by atoms with Gasteiger partial charge in [-0.05, 0) is 17.7 Å². The van der Waals surface area contributed by atoms with Gasteiger partial charge in [0.2, 0.25) is 5.91 Å². The molecule has 0 atom stereocenters. The van der Waals surface area contributed by atoms with Crippen LogP contribution in [0.3, 0.4) is 0 Å². The van der Waals surface area contributed by atoms with Crippen molar-refractivity contribution in [2.45, 2.75) is 5.75 Å². The van der Waals surface area contributed by atoms with Crippen molar-refractivity contribution in [2.24, 2.45) is 5.73 Å². The molecule has 0 saturated heterocycles. The molecule has 0 aromatic heterocycles. The van der Waals surface area contributed by atoms with E-state index >= 15 is 0 Å². The van der Waals surface area contributed by atoms with Crippen LogP contribution in [0.5, 0.6) is 0 Å². The molecule has 1 aromatic rings. The predicted octanol–water partition coefficient (Wildman–Crippen LogP) is 0.827. The number of benzene rings is 1. The number of nitrogens with two attached hydrogens (primary N) is 1. The lowest BCUT2D eigenvalue weighted by atomic mass is 10.1. The number of primary amides is 1. The van der Waals surface area contributed by atoms with Crippen LogP contribution in [-0.4, -0.2) is 18.9 Å². The van der Waals surface area contributed by atoms with E-state index in [9.17, 15) is 13.2 Å². The monoisotopic (exact) mass is 249 g/mol. The highest BCUT2D eigenvalue weighted by Crippen LogP contribution is 2.18. The van der Waals surface area contributed by atoms with E-state index in [2.05, 4.69) is 0 Å². The third-order valence-corrected chi connectivity index (χ3v) is 2.67. The topological polar surface area (TPSA) is 97.5 Å². The SMILES string of the molecule is NC(=O)c1cc(CS(=O)(=O)O)ccc1Cl. The summed E-state index contributed by atoms with van der Waals surface area (Å²) < 4.78 is 29.7. The Morgan fingerprint density at radius 2 is 2.07 bits per heavy atom. The Bertz CT molecular complexity index is 497. The molecule has 3 N–H and O–H groups in total. The van der Waals surface area contributed by atoms with Gasteiger partial charge in [0.25, 0.3) is 10.1 Å². The van der Waals surface area contributed by atoms with Gasteiger partial charge in [-0.1, -0.05) is 17.7 Å². The van der Waals surface area contributed by atoms with Gasteiger partial charge in [0.15, 0.2) is 0 Å². The van der Waals surface area contributed by atoms with E-state index in [-0.39, 0.29) is 16.1 Å². The maximum Gasteiger partial charge on any atom is 0.269 e. The van der Waals surface area contributed by atoms with Crippen LogP contribution in [0.4, 0.5) is 0 Å². The van der Waals surface area contributed by atoms with Gasteiger partial charge in [-0.3, -0.25) is 9.35 Å². The Balaban J connectivity index is 3.14. The van der Waals surface area contributed by atoms with E-state index in [1.807, 2.05) is 0 Å². The number of hydrogen-bond acceptors (Lipinski definition) is 3. The molecular formula is C8H8ClNO4S. The maximum atomic E-state index is 10.9. The van der Waals surface area contributed by atoms with Gasteiger partial charge >= 0.3 is 0 Å². The van der Waals surface area contributed by atoms with Crippen LogP contribution < -0.4 is 5.73 Å². The minimum absolute atomic E-state index is 0.0258. The third-order valence-electron chi connectivity index (χ3n) is 1.65. The predicted molar refractivity (Wildman–Crippen MR) is 55.2 cm³/mol. The zero-order chi connectivity index (χ0) is 11.6. The van der Waals surface area contributed by atoms with E-state index in [1.54, 1.807) is 0 Å². The first-order valence-electron chi connectivity index (χ1n) is 3.83. The molecule has 0 aliphatic rings. The maximum absolute atomic E-state index is 10.9. The molecule has 82 valence electrons. The second-order valence-electron chi connectivity index (χ2n) is 2.90. The van der Waals surface area contributed by atoms with Gasteiger partial charge in [0.1, 0.15) is 5.75 Å². The molecule has 7 heteroatoms. The minimum Gasteiger partial charge on any atom is -0.366 e. The molecule has 5 nitrogen and oxygen atoms in total. The van der Waals surface area contributed by atoms with Crippen LogP contribution >= 0.6 is 11.6 Å². The van der Waals surface area contributed by atoms with E-state index in [0.717, 1.165) is 0 Å². The zero-order valence-electron chi connectivity index (χ0n) is 7.47. The van der Waals surface area contributed by atoms with Crippen LogP contribution in [0.2, 0.25) is 5.02 Å². The van der Waals surface area contributed by atoms with Crippen LogP contribution in [-0.2, 0) is 15.9 Å². The molecule has 0 fully saturated rings. The molecule has 1 amide bonds. The molecule has 15 heavy (non-hydrogen) atoms. The lowest BCUT2D eigenvalue weighted by molar-refractivity contribution is 0.100. The van der Waals surface area contributed by atoms with Crippen LogP contribution in [0.1, 0.15) is 15.9 Å². The normalized spacial score (nSPS) is 11.3. The molecule has 0 aliphatic heterocycles. The lowest BCUT2D eigenvalue weighted by Gasteiger charge is -2.03. The van der Waals surface area contributed by atoms with Crippen molar-refractivity contribution in [3.05, 3.63) is 34.3 Å². The molecule has 1 aromatic carbocycles. The largest absolute Gasteiger partial charge is 0.366 e. The van der Waals surface area contributed by atoms with Gasteiger partial charge in [0, 0.05) is 0 Å². The van der Waals surface area contributed by atoms with E-state index in [4.69, 9.17) is 21.9 Å². The van der Waals surface area contributed by atoms with Gasteiger partial charge in [-0.15, -0.1) is 0 Å². The molecule has 0 spiro atoms. The first-order chi connectivity index (χ1) is 6.79. The van der Waals surface area contributed by atoms with Crippen molar-refractivity contribution in [1.82, 2.24) is 0 Å². The average molecular weight is 250 g/mol. The lowest BCUT2D eigenvalue weighted by Crippen LogP contribution is -2.12. The van der Waals surface area contributed by atoms with Crippen molar-refractivity contribution in [1.29, 1.82) is 0 Å². The van der Waals surface area contributed by atoms with Gasteiger partial charge in [-0.25, -0.2) is 0 Å². The molecule has 0 aliphatic carbocycles. The Morgan fingerprint density at radius 3 is 2.53 bits per heavy atom. The van der Waals surface area contributed by atoms with Gasteiger partial charge in [0.05, 0.1) is 10.6 Å². The van der Waals surface area contributed by atoms with E-state index in [1.165, 1.54) is 18.2 Å². The summed E-state index contributed by atoms with van der Waals surface area (Å²) in [5, 5.41) is 0.140. The first kappa shape index (κ1) is 12.0. The fourth-order valence-electron chi connectivity index (χ4n) is 1.06. The van der Waals surface area contributed by atoms with Crippen molar-refractivity contribution < 1.29 is 17.8 Å². The summed E-state index contributed by atoms with van der Waals surface area (Å²) in [4.78, 5) is 10.9. The molecule has 0 bridgehead atoms. The zero-order valence-corrected chi connectivity index (χ0v) is 9.05. The van der Waals surface area contributed by atoms with Crippen molar-refractivity contribution in [3.8, 4) is 0 Å². The number of carbonyl (C=O) groups is 1. The second kappa shape index (κ2) is 4.18. The van der Waals surface area contributed by atoms with Crippen LogP contribution in [0, 0.1) is 0 Å². The first-order valence-corrected chi connectivity index (χ1v) is 5.82. The fraction of sp³-hybridized carbons (Fsp3) is 0.125. The Morgan fingerprint density at radius 1 is 1.47 bits per heavy atom.